The average Bonchev–Trinajstić information content (AvgIpc) is 2.44. The van der Waals surface area contributed by atoms with Crippen molar-refractivity contribution in [3.8, 4) is 5.75 Å². The van der Waals surface area contributed by atoms with E-state index >= 15 is 0 Å². The van der Waals surface area contributed by atoms with Crippen molar-refractivity contribution >= 4 is 5.91 Å². The Bertz CT molecular complexity index is 446. The van der Waals surface area contributed by atoms with Crippen molar-refractivity contribution in [3.05, 3.63) is 29.8 Å². The van der Waals surface area contributed by atoms with Crippen LogP contribution in [0.2, 0.25) is 0 Å². The van der Waals surface area contributed by atoms with Crippen molar-refractivity contribution in [2.75, 3.05) is 13.7 Å². The van der Waals surface area contributed by atoms with Crippen molar-refractivity contribution in [3.63, 3.8) is 0 Å². The lowest BCUT2D eigenvalue weighted by atomic mass is 10.1. The Morgan fingerprint density at radius 2 is 1.90 bits per heavy atom. The molecule has 0 spiro atoms. The van der Waals surface area contributed by atoms with E-state index in [9.17, 15) is 18.7 Å². The summed E-state index contributed by atoms with van der Waals surface area (Å²) in [5.74, 6) is -4.77. The van der Waals surface area contributed by atoms with E-state index in [1.54, 1.807) is 13.8 Å². The molecule has 0 fully saturated rings. The predicted octanol–water partition coefficient (Wildman–Crippen LogP) is 1.92. The molecular formula is C14H19F2NO3. The zero-order chi connectivity index (χ0) is 15.3. The van der Waals surface area contributed by atoms with Gasteiger partial charge in [-0.2, -0.15) is 8.78 Å². The number of amides is 1. The van der Waals surface area contributed by atoms with Crippen LogP contribution in [0.1, 0.15) is 19.4 Å². The molecule has 20 heavy (non-hydrogen) atoms. The SMILES string of the molecule is COc1ccc(C(F)(F)C(=O)NCC(O)C(C)C)cc1. The number of nitrogens with one attached hydrogen (secondary N) is 1. The highest BCUT2D eigenvalue weighted by molar-refractivity contribution is 5.84. The summed E-state index contributed by atoms with van der Waals surface area (Å²) in [5.41, 5.74) is -0.421. The lowest BCUT2D eigenvalue weighted by Crippen LogP contribution is -2.42. The second kappa shape index (κ2) is 6.65. The van der Waals surface area contributed by atoms with Gasteiger partial charge in [-0.3, -0.25) is 4.79 Å². The Labute approximate surface area is 116 Å². The van der Waals surface area contributed by atoms with Gasteiger partial charge in [-0.15, -0.1) is 0 Å². The number of halogens is 2. The van der Waals surface area contributed by atoms with E-state index in [2.05, 4.69) is 5.32 Å². The number of hydrogen-bond acceptors (Lipinski definition) is 3. The molecule has 0 saturated heterocycles. The lowest BCUT2D eigenvalue weighted by molar-refractivity contribution is -0.147. The Morgan fingerprint density at radius 3 is 2.35 bits per heavy atom. The summed E-state index contributed by atoms with van der Waals surface area (Å²) in [6, 6.07) is 4.99. The van der Waals surface area contributed by atoms with Gasteiger partial charge in [0.1, 0.15) is 5.75 Å². The Kier molecular flexibility index (Phi) is 5.44. The van der Waals surface area contributed by atoms with Gasteiger partial charge in [-0.25, -0.2) is 0 Å². The molecule has 0 bridgehead atoms. The van der Waals surface area contributed by atoms with E-state index in [4.69, 9.17) is 4.74 Å². The number of aliphatic hydroxyl groups is 1. The number of rotatable bonds is 6. The van der Waals surface area contributed by atoms with Gasteiger partial charge < -0.3 is 15.2 Å². The van der Waals surface area contributed by atoms with Crippen LogP contribution in [0.5, 0.6) is 5.75 Å². The van der Waals surface area contributed by atoms with Crippen LogP contribution in [0.4, 0.5) is 8.78 Å². The molecular weight excluding hydrogens is 268 g/mol. The summed E-state index contributed by atoms with van der Waals surface area (Å²) in [6.45, 7) is 3.26. The van der Waals surface area contributed by atoms with Crippen molar-refractivity contribution in [1.29, 1.82) is 0 Å². The molecule has 0 aliphatic rings. The van der Waals surface area contributed by atoms with Gasteiger partial charge in [-0.1, -0.05) is 13.8 Å². The van der Waals surface area contributed by atoms with E-state index in [-0.39, 0.29) is 12.5 Å². The summed E-state index contributed by atoms with van der Waals surface area (Å²) >= 11 is 0. The van der Waals surface area contributed by atoms with E-state index in [1.807, 2.05) is 0 Å². The first-order chi connectivity index (χ1) is 9.28. The number of hydrogen-bond donors (Lipinski definition) is 2. The van der Waals surface area contributed by atoms with Gasteiger partial charge in [0.2, 0.25) is 0 Å². The number of carbonyl (C=O) groups excluding carboxylic acids is 1. The second-order valence-corrected chi connectivity index (χ2v) is 4.82. The topological polar surface area (TPSA) is 58.6 Å². The van der Waals surface area contributed by atoms with E-state index < -0.39 is 23.5 Å². The maximum atomic E-state index is 13.9. The van der Waals surface area contributed by atoms with Crippen LogP contribution in [0.15, 0.2) is 24.3 Å². The average molecular weight is 287 g/mol. The predicted molar refractivity (Wildman–Crippen MR) is 70.7 cm³/mol. The standard InChI is InChI=1S/C14H19F2NO3/c1-9(2)12(18)8-17-13(19)14(15,16)10-4-6-11(20-3)7-5-10/h4-7,9,12,18H,8H2,1-3H3,(H,17,19). The molecule has 0 heterocycles. The normalized spacial score (nSPS) is 13.2. The molecule has 1 aromatic carbocycles. The first-order valence-corrected chi connectivity index (χ1v) is 6.27. The zero-order valence-electron chi connectivity index (χ0n) is 11.7. The number of aliphatic hydroxyl groups excluding tert-OH is 1. The Balaban J connectivity index is 2.73. The fourth-order valence-electron chi connectivity index (χ4n) is 1.48. The second-order valence-electron chi connectivity index (χ2n) is 4.82. The number of ether oxygens (including phenoxy) is 1. The van der Waals surface area contributed by atoms with Crippen molar-refractivity contribution in [2.24, 2.45) is 5.92 Å². The molecule has 0 saturated carbocycles. The molecule has 1 unspecified atom stereocenters. The molecule has 1 aromatic rings. The summed E-state index contributed by atoms with van der Waals surface area (Å²) in [6.07, 6.45) is -0.856. The van der Waals surface area contributed by atoms with Crippen LogP contribution in [0.25, 0.3) is 0 Å². The van der Waals surface area contributed by atoms with Gasteiger partial charge in [0.15, 0.2) is 0 Å². The zero-order valence-corrected chi connectivity index (χ0v) is 11.7. The highest BCUT2D eigenvalue weighted by Crippen LogP contribution is 2.29. The van der Waals surface area contributed by atoms with Crippen LogP contribution in [0, 0.1) is 5.92 Å². The first kappa shape index (κ1) is 16.4. The maximum Gasteiger partial charge on any atom is 0.349 e. The molecule has 1 amide bonds. The molecule has 1 rings (SSSR count). The molecule has 0 aliphatic heterocycles. The van der Waals surface area contributed by atoms with Crippen LogP contribution in [-0.4, -0.2) is 30.8 Å². The highest BCUT2D eigenvalue weighted by Gasteiger charge is 2.40. The largest absolute Gasteiger partial charge is 0.497 e. The Morgan fingerprint density at radius 1 is 1.35 bits per heavy atom. The van der Waals surface area contributed by atoms with Gasteiger partial charge in [0, 0.05) is 12.1 Å². The number of benzene rings is 1. The molecule has 4 nitrogen and oxygen atoms in total. The molecule has 1 atom stereocenters. The molecule has 112 valence electrons. The Hall–Kier alpha value is -1.69. The van der Waals surface area contributed by atoms with Crippen LogP contribution < -0.4 is 10.1 Å². The van der Waals surface area contributed by atoms with Crippen LogP contribution in [-0.2, 0) is 10.7 Å². The third kappa shape index (κ3) is 3.90. The van der Waals surface area contributed by atoms with Gasteiger partial charge in [-0.05, 0) is 30.2 Å². The maximum absolute atomic E-state index is 13.9. The van der Waals surface area contributed by atoms with Crippen LogP contribution in [0.3, 0.4) is 0 Å². The van der Waals surface area contributed by atoms with Crippen molar-refractivity contribution in [1.82, 2.24) is 5.32 Å². The van der Waals surface area contributed by atoms with Crippen LogP contribution >= 0.6 is 0 Å². The lowest BCUT2D eigenvalue weighted by Gasteiger charge is -2.19. The third-order valence-corrected chi connectivity index (χ3v) is 2.98. The van der Waals surface area contributed by atoms with E-state index in [1.165, 1.54) is 19.2 Å². The minimum atomic E-state index is -3.65. The van der Waals surface area contributed by atoms with Crippen molar-refractivity contribution < 1.29 is 23.4 Å². The molecule has 0 aliphatic carbocycles. The molecule has 0 aromatic heterocycles. The summed E-state index contributed by atoms with van der Waals surface area (Å²) < 4.78 is 32.7. The quantitative estimate of drug-likeness (QED) is 0.840. The summed E-state index contributed by atoms with van der Waals surface area (Å²) in [5, 5.41) is 11.6. The minimum Gasteiger partial charge on any atom is -0.497 e. The van der Waals surface area contributed by atoms with E-state index in [0.717, 1.165) is 12.1 Å². The number of carbonyl (C=O) groups is 1. The molecule has 6 heteroatoms. The van der Waals surface area contributed by atoms with Gasteiger partial charge in [0.25, 0.3) is 5.91 Å². The van der Waals surface area contributed by atoms with Crippen molar-refractivity contribution in [2.45, 2.75) is 25.9 Å². The smallest absolute Gasteiger partial charge is 0.349 e. The first-order valence-electron chi connectivity index (χ1n) is 6.27. The highest BCUT2D eigenvalue weighted by atomic mass is 19.3. The summed E-state index contributed by atoms with van der Waals surface area (Å²) in [4.78, 5) is 11.5. The molecule has 2 N–H and O–H groups in total. The summed E-state index contributed by atoms with van der Waals surface area (Å²) in [7, 11) is 1.42. The van der Waals surface area contributed by atoms with E-state index in [0.29, 0.717) is 5.75 Å². The fourth-order valence-corrected chi connectivity index (χ4v) is 1.48. The third-order valence-electron chi connectivity index (χ3n) is 2.98. The fraction of sp³-hybridized carbons (Fsp3) is 0.500. The monoisotopic (exact) mass is 287 g/mol. The van der Waals surface area contributed by atoms with Gasteiger partial charge in [0.05, 0.1) is 13.2 Å². The van der Waals surface area contributed by atoms with Gasteiger partial charge >= 0.3 is 5.92 Å². The molecule has 0 radical (unpaired) electrons. The number of alkyl halides is 2. The minimum absolute atomic E-state index is 0.120. The number of methoxy groups -OCH3 is 1.